The van der Waals surface area contributed by atoms with E-state index in [0.717, 1.165) is 33.9 Å². The van der Waals surface area contributed by atoms with E-state index in [0.29, 0.717) is 23.4 Å². The van der Waals surface area contributed by atoms with Gasteiger partial charge in [-0.2, -0.15) is 0 Å². The molecule has 38 heavy (non-hydrogen) atoms. The van der Waals surface area contributed by atoms with Gasteiger partial charge in [0.2, 0.25) is 11.9 Å². The normalized spacial score (nSPS) is 9.37. The number of nitrogen functional groups attached to an aromatic ring is 2. The summed E-state index contributed by atoms with van der Waals surface area (Å²) in [4.78, 5) is 36.3. The molecule has 14 heteroatoms. The van der Waals surface area contributed by atoms with Gasteiger partial charge >= 0.3 is 11.9 Å². The Morgan fingerprint density at radius 1 is 0.658 bits per heavy atom. The van der Waals surface area contributed by atoms with Gasteiger partial charge in [0.25, 0.3) is 0 Å². The Hall–Kier alpha value is -3.46. The van der Waals surface area contributed by atoms with Gasteiger partial charge in [-0.25, -0.2) is 19.9 Å². The lowest BCUT2D eigenvalue weighted by Gasteiger charge is -2.03. The van der Waals surface area contributed by atoms with Gasteiger partial charge in [-0.1, -0.05) is 24.3 Å². The van der Waals surface area contributed by atoms with E-state index in [1.54, 1.807) is 0 Å². The van der Waals surface area contributed by atoms with E-state index >= 15 is 0 Å². The molecule has 0 bridgehead atoms. The molecule has 2 heterocycles. The van der Waals surface area contributed by atoms with Crippen molar-refractivity contribution < 1.29 is 30.8 Å². The van der Waals surface area contributed by atoms with E-state index < -0.39 is 11.9 Å². The van der Waals surface area contributed by atoms with Gasteiger partial charge in [-0.3, -0.25) is 9.59 Å². The maximum absolute atomic E-state index is 10.3. The molecule has 0 aliphatic rings. The standard InChI is InChI=1S/C12H14O4S2.2C6H9N3.2H2O/c13-11(14)7-17-5-9-1-2-10(4-3-9)6-18-8-12(15)16;2*1-4-3-5(2)9-6(7)8-4;;/h1-4H,5-8H2,(H,13,14)(H,15,16);2*3H,1-2H3,(H2,7,8,9);2*1H2. The Balaban J connectivity index is 0. The molecule has 0 spiro atoms. The van der Waals surface area contributed by atoms with Crippen LogP contribution in [0.5, 0.6) is 0 Å². The predicted octanol–water partition coefficient (Wildman–Crippen LogP) is 2.02. The lowest BCUT2D eigenvalue weighted by Crippen LogP contribution is -1.98. The highest BCUT2D eigenvalue weighted by Gasteiger charge is 2.01. The van der Waals surface area contributed by atoms with Crippen LogP contribution in [0.2, 0.25) is 0 Å². The fourth-order valence-electron chi connectivity index (χ4n) is 2.75. The average Bonchev–Trinajstić information content (AvgIpc) is 2.73. The maximum atomic E-state index is 10.3. The van der Waals surface area contributed by atoms with Crippen molar-refractivity contribution in [2.75, 3.05) is 23.0 Å². The second kappa shape index (κ2) is 19.6. The first-order valence-electron chi connectivity index (χ1n) is 10.8. The second-order valence-corrected chi connectivity index (χ2v) is 9.58. The van der Waals surface area contributed by atoms with Crippen LogP contribution in [0.25, 0.3) is 0 Å². The lowest BCUT2D eigenvalue weighted by molar-refractivity contribution is -0.134. The summed E-state index contributed by atoms with van der Waals surface area (Å²) >= 11 is 2.72. The van der Waals surface area contributed by atoms with Gasteiger partial charge in [-0.15, -0.1) is 23.5 Å². The number of benzene rings is 1. The Morgan fingerprint density at radius 2 is 0.921 bits per heavy atom. The number of carboxylic acid groups (broad SMARTS) is 2. The number of rotatable bonds is 8. The summed E-state index contributed by atoms with van der Waals surface area (Å²) in [5.74, 6) is 0.666. The Morgan fingerprint density at radius 3 is 1.13 bits per heavy atom. The van der Waals surface area contributed by atoms with E-state index in [1.165, 1.54) is 23.5 Å². The zero-order valence-electron chi connectivity index (χ0n) is 21.8. The number of aliphatic carboxylic acids is 2. The summed E-state index contributed by atoms with van der Waals surface area (Å²) in [6.45, 7) is 7.58. The summed E-state index contributed by atoms with van der Waals surface area (Å²) in [6.07, 6.45) is 0. The van der Waals surface area contributed by atoms with E-state index in [-0.39, 0.29) is 22.5 Å². The van der Waals surface area contributed by atoms with Gasteiger partial charge in [0.15, 0.2) is 0 Å². The van der Waals surface area contributed by atoms with Crippen molar-refractivity contribution in [3.05, 3.63) is 70.3 Å². The molecule has 0 fully saturated rings. The van der Waals surface area contributed by atoms with Crippen LogP contribution >= 0.6 is 23.5 Å². The monoisotopic (exact) mass is 568 g/mol. The molecule has 210 valence electrons. The molecular weight excluding hydrogens is 532 g/mol. The molecule has 0 saturated heterocycles. The van der Waals surface area contributed by atoms with Gasteiger partial charge in [0.05, 0.1) is 11.5 Å². The number of anilines is 2. The van der Waals surface area contributed by atoms with Crippen LogP contribution in [0.3, 0.4) is 0 Å². The van der Waals surface area contributed by atoms with E-state index in [9.17, 15) is 9.59 Å². The quantitative estimate of drug-likeness (QED) is 0.305. The summed E-state index contributed by atoms with van der Waals surface area (Å²) < 4.78 is 0. The fraction of sp³-hybridized carbons (Fsp3) is 0.333. The molecule has 0 atom stereocenters. The van der Waals surface area contributed by atoms with Gasteiger partial charge in [0.1, 0.15) is 0 Å². The first-order valence-corrected chi connectivity index (χ1v) is 13.1. The molecule has 0 aliphatic heterocycles. The highest BCUT2D eigenvalue weighted by atomic mass is 32.2. The molecule has 2 aromatic heterocycles. The molecule has 0 radical (unpaired) electrons. The van der Waals surface area contributed by atoms with E-state index in [2.05, 4.69) is 19.9 Å². The predicted molar refractivity (Wildman–Crippen MR) is 153 cm³/mol. The minimum atomic E-state index is -0.804. The van der Waals surface area contributed by atoms with Crippen LogP contribution in [0.1, 0.15) is 33.9 Å². The van der Waals surface area contributed by atoms with Crippen LogP contribution in [0, 0.1) is 27.7 Å². The third-order valence-electron chi connectivity index (χ3n) is 4.01. The number of aromatic nitrogens is 4. The highest BCUT2D eigenvalue weighted by molar-refractivity contribution is 7.99. The number of nitrogens with two attached hydrogens (primary N) is 2. The number of aryl methyl sites for hydroxylation is 4. The van der Waals surface area contributed by atoms with Crippen LogP contribution in [-0.4, -0.2) is 64.5 Å². The molecule has 3 rings (SSSR count). The van der Waals surface area contributed by atoms with Crippen LogP contribution in [-0.2, 0) is 21.1 Å². The second-order valence-electron chi connectivity index (χ2n) is 7.61. The minimum Gasteiger partial charge on any atom is -0.481 e. The topological polar surface area (TPSA) is 241 Å². The number of carbonyl (C=O) groups is 2. The SMILES string of the molecule is Cc1cc(C)nc(N)n1.Cc1cc(C)nc(N)n1.O.O.O=C(O)CSCc1ccc(CSCC(=O)O)cc1. The van der Waals surface area contributed by atoms with Gasteiger partial charge in [-0.05, 0) is 51.0 Å². The zero-order chi connectivity index (χ0) is 27.1. The third kappa shape index (κ3) is 17.9. The third-order valence-corrected chi connectivity index (χ3v) is 5.99. The van der Waals surface area contributed by atoms with Crippen molar-refractivity contribution in [3.63, 3.8) is 0 Å². The molecule has 12 nitrogen and oxygen atoms in total. The largest absolute Gasteiger partial charge is 0.481 e. The van der Waals surface area contributed by atoms with Crippen LogP contribution < -0.4 is 11.5 Å². The van der Waals surface area contributed by atoms with Crippen molar-refractivity contribution in [2.45, 2.75) is 39.2 Å². The smallest absolute Gasteiger partial charge is 0.313 e. The first-order chi connectivity index (χ1) is 16.9. The van der Waals surface area contributed by atoms with Crippen LogP contribution in [0.15, 0.2) is 36.4 Å². The summed E-state index contributed by atoms with van der Waals surface area (Å²) in [5.41, 5.74) is 16.5. The molecule has 3 aromatic rings. The van der Waals surface area contributed by atoms with Crippen molar-refractivity contribution in [3.8, 4) is 0 Å². The summed E-state index contributed by atoms with van der Waals surface area (Å²) in [6, 6.07) is 11.6. The minimum absolute atomic E-state index is 0. The van der Waals surface area contributed by atoms with E-state index in [1.807, 2.05) is 64.1 Å². The summed E-state index contributed by atoms with van der Waals surface area (Å²) in [5, 5.41) is 17.0. The van der Waals surface area contributed by atoms with E-state index in [4.69, 9.17) is 21.7 Å². The average molecular weight is 569 g/mol. The van der Waals surface area contributed by atoms with Crippen LogP contribution in [0.4, 0.5) is 11.9 Å². The van der Waals surface area contributed by atoms with Gasteiger partial charge in [0, 0.05) is 34.3 Å². The molecule has 0 aliphatic carbocycles. The molecule has 10 N–H and O–H groups in total. The Bertz CT molecular complexity index is 946. The first kappa shape index (κ1) is 36.7. The molecular formula is C24H36N6O6S2. The summed E-state index contributed by atoms with van der Waals surface area (Å²) in [7, 11) is 0. The number of carboxylic acids is 2. The van der Waals surface area contributed by atoms with Gasteiger partial charge < -0.3 is 32.6 Å². The highest BCUT2D eigenvalue weighted by Crippen LogP contribution is 2.16. The number of hydrogen-bond donors (Lipinski definition) is 4. The molecule has 0 amide bonds. The number of nitrogens with zero attached hydrogens (tertiary/aromatic N) is 4. The van der Waals surface area contributed by atoms with Crippen molar-refractivity contribution in [2.24, 2.45) is 0 Å². The van der Waals surface area contributed by atoms with Crippen molar-refractivity contribution >= 4 is 47.4 Å². The zero-order valence-corrected chi connectivity index (χ0v) is 23.4. The maximum Gasteiger partial charge on any atom is 0.313 e. The van der Waals surface area contributed by atoms with Crippen molar-refractivity contribution in [1.82, 2.24) is 19.9 Å². The number of thioether (sulfide) groups is 2. The molecule has 1 aromatic carbocycles. The number of hydrogen-bond acceptors (Lipinski definition) is 10. The molecule has 0 unspecified atom stereocenters. The fourth-order valence-corrected chi connectivity index (χ4v) is 4.16. The molecule has 0 saturated carbocycles. The lowest BCUT2D eigenvalue weighted by atomic mass is 10.2. The van der Waals surface area contributed by atoms with Crippen molar-refractivity contribution in [1.29, 1.82) is 0 Å². The Kier molecular flexibility index (Phi) is 19.0. The Labute approximate surface area is 230 Å².